The highest BCUT2D eigenvalue weighted by Crippen LogP contribution is 2.21. The summed E-state index contributed by atoms with van der Waals surface area (Å²) in [5.74, 6) is -6.57. The Labute approximate surface area is 425 Å². The molecule has 0 spiro atoms. The number of amides is 9. The monoisotopic (exact) mass is 1000 g/mol. The number of rotatable bonds is 10. The summed E-state index contributed by atoms with van der Waals surface area (Å²) in [4.78, 5) is 136. The van der Waals surface area contributed by atoms with Gasteiger partial charge in [-0.25, -0.2) is 0 Å². The minimum Gasteiger partial charge on any atom is -0.391 e. The maximum absolute atomic E-state index is 15.2. The molecule has 0 aliphatic carbocycles. The number of aliphatic hydroxyl groups is 1. The van der Waals surface area contributed by atoms with E-state index in [2.05, 4.69) is 21.3 Å². The van der Waals surface area contributed by atoms with Crippen LogP contribution in [-0.2, 0) is 56.0 Å². The van der Waals surface area contributed by atoms with E-state index in [1.807, 2.05) is 39.8 Å². The van der Waals surface area contributed by atoms with Gasteiger partial charge >= 0.3 is 0 Å². The van der Waals surface area contributed by atoms with Gasteiger partial charge in [-0.2, -0.15) is 0 Å². The van der Waals surface area contributed by atoms with Gasteiger partial charge in [-0.05, 0) is 75.8 Å². The van der Waals surface area contributed by atoms with Crippen LogP contribution in [0.15, 0.2) is 60.7 Å². The predicted molar refractivity (Wildman–Crippen MR) is 271 cm³/mol. The lowest BCUT2D eigenvalue weighted by Crippen LogP contribution is -2.62. The first kappa shape index (κ1) is 58.2. The third kappa shape index (κ3) is 15.8. The molecule has 0 saturated carbocycles. The molecule has 1 unspecified atom stereocenters. The summed E-state index contributed by atoms with van der Waals surface area (Å²) in [5.41, 5.74) is 1.38. The van der Waals surface area contributed by atoms with Crippen molar-refractivity contribution >= 4 is 53.2 Å². The molecule has 2 saturated heterocycles. The fraction of sp³-hybridized carbons (Fsp3) is 0.604. The molecule has 4 rings (SSSR count). The summed E-state index contributed by atoms with van der Waals surface area (Å²) in [6, 6.07) is 7.56. The van der Waals surface area contributed by atoms with E-state index >= 15 is 9.59 Å². The molecule has 19 heteroatoms. The van der Waals surface area contributed by atoms with Crippen LogP contribution in [0.2, 0.25) is 0 Å². The van der Waals surface area contributed by atoms with Gasteiger partial charge in [0.25, 0.3) is 0 Å². The Bertz CT molecular complexity index is 2200. The summed E-state index contributed by atoms with van der Waals surface area (Å²) >= 11 is 0. The Morgan fingerprint density at radius 2 is 1.07 bits per heavy atom. The molecule has 2 heterocycles. The third-order valence-corrected chi connectivity index (χ3v) is 13.7. The molecule has 9 amide bonds. The number of likely N-dealkylation sites (N-methyl/N-ethyl adjacent to an activating group) is 4. The topological polar surface area (TPSA) is 238 Å². The number of piperidine rings is 1. The number of benzene rings is 2. The van der Waals surface area contributed by atoms with E-state index in [9.17, 15) is 38.7 Å². The van der Waals surface area contributed by atoms with Gasteiger partial charge in [0, 0.05) is 54.1 Å². The molecule has 396 valence electrons. The van der Waals surface area contributed by atoms with Gasteiger partial charge in [-0.15, -0.1) is 0 Å². The normalized spacial score (nSPS) is 26.2. The van der Waals surface area contributed by atoms with E-state index < -0.39 is 114 Å². The first-order valence-electron chi connectivity index (χ1n) is 25.2. The molecule has 0 aromatic heterocycles. The van der Waals surface area contributed by atoms with Crippen LogP contribution in [-0.4, -0.2) is 178 Å². The molecule has 19 nitrogen and oxygen atoms in total. The number of nitrogens with one attached hydrogen (secondary N) is 4. The van der Waals surface area contributed by atoms with E-state index in [0.29, 0.717) is 24.2 Å². The summed E-state index contributed by atoms with van der Waals surface area (Å²) < 4.78 is 0. The average Bonchev–Trinajstić information content (AvgIpc) is 3.35. The molecule has 0 radical (unpaired) electrons. The van der Waals surface area contributed by atoms with Crippen LogP contribution in [0.1, 0.15) is 98.1 Å². The highest BCUT2D eigenvalue weighted by molar-refractivity contribution is 5.99. The van der Waals surface area contributed by atoms with Crippen LogP contribution in [0.5, 0.6) is 0 Å². The first-order chi connectivity index (χ1) is 33.9. The second kappa shape index (κ2) is 26.9. The zero-order valence-electron chi connectivity index (χ0n) is 44.1. The van der Waals surface area contributed by atoms with Gasteiger partial charge < -0.3 is 50.9 Å². The van der Waals surface area contributed by atoms with Crippen LogP contribution in [0.25, 0.3) is 0 Å². The van der Waals surface area contributed by atoms with Gasteiger partial charge in [0.15, 0.2) is 0 Å². The van der Waals surface area contributed by atoms with Crippen LogP contribution >= 0.6 is 0 Å². The summed E-state index contributed by atoms with van der Waals surface area (Å²) in [6.45, 7) is 12.4. The summed E-state index contributed by atoms with van der Waals surface area (Å²) in [5, 5.41) is 21.7. The molecule has 9 atom stereocenters. The number of nitrogens with zero attached hydrogens (tertiary/aromatic N) is 5. The molecule has 72 heavy (non-hydrogen) atoms. The van der Waals surface area contributed by atoms with Gasteiger partial charge in [0.2, 0.25) is 53.2 Å². The van der Waals surface area contributed by atoms with E-state index in [0.717, 1.165) is 29.1 Å². The van der Waals surface area contributed by atoms with Crippen molar-refractivity contribution in [1.82, 2.24) is 45.8 Å². The highest BCUT2D eigenvalue weighted by Gasteiger charge is 2.42. The van der Waals surface area contributed by atoms with Gasteiger partial charge in [-0.1, -0.05) is 88.4 Å². The Morgan fingerprint density at radius 1 is 0.569 bits per heavy atom. The lowest BCUT2D eigenvalue weighted by atomic mass is 9.96. The van der Waals surface area contributed by atoms with Crippen LogP contribution in [0.3, 0.4) is 0 Å². The quantitative estimate of drug-likeness (QED) is 0.231. The van der Waals surface area contributed by atoms with Crippen molar-refractivity contribution in [1.29, 1.82) is 0 Å². The Kier molecular flexibility index (Phi) is 21.7. The second-order valence-electron chi connectivity index (χ2n) is 20.4. The maximum atomic E-state index is 15.2. The van der Waals surface area contributed by atoms with Crippen molar-refractivity contribution in [2.75, 3.05) is 41.3 Å². The van der Waals surface area contributed by atoms with E-state index in [1.54, 1.807) is 53.4 Å². The molecular formula is C53H79N9O10. The number of likely N-dealkylation sites (tertiary alicyclic amines) is 1. The Balaban J connectivity index is 1.90. The number of carbonyl (C=O) groups excluding carboxylic acids is 9. The third-order valence-electron chi connectivity index (χ3n) is 13.7. The maximum Gasteiger partial charge on any atom is 0.248 e. The highest BCUT2D eigenvalue weighted by atomic mass is 16.3. The summed E-state index contributed by atoms with van der Waals surface area (Å²) in [7, 11) is 5.65. The number of aliphatic hydroxyl groups excluding tert-OH is 1. The van der Waals surface area contributed by atoms with Crippen molar-refractivity contribution in [3.63, 3.8) is 0 Å². The minimum absolute atomic E-state index is 0.00546. The Morgan fingerprint density at radius 3 is 1.61 bits per heavy atom. The SMILES string of the molecule is CC(C)C[C@H]1C(=O)N(C)[C@@H](Cc2ccccc2)C(=O)NC(C(=O)N2CCCCC2)CC(=O)N(C)[C@@H](C)C(=O)N[C@@H](C)C(=O)N[C@@H]([C@@H](C)O)C(=O)N(C)[C@@H](CC(C)C)C(=O)N[C@@H](Cc2ccccc2)C(=O)N1C. The molecular weight excluding hydrogens is 923 g/mol. The van der Waals surface area contributed by atoms with Gasteiger partial charge in [-0.3, -0.25) is 43.2 Å². The van der Waals surface area contributed by atoms with E-state index in [1.165, 1.54) is 58.8 Å². The molecule has 2 aliphatic rings. The molecule has 0 bridgehead atoms. The zero-order valence-corrected chi connectivity index (χ0v) is 44.1. The molecule has 2 aliphatic heterocycles. The van der Waals surface area contributed by atoms with E-state index in [-0.39, 0.29) is 37.5 Å². The fourth-order valence-corrected chi connectivity index (χ4v) is 9.06. The summed E-state index contributed by atoms with van der Waals surface area (Å²) in [6.07, 6.45) is 0.574. The number of hydrogen-bond donors (Lipinski definition) is 5. The molecule has 5 N–H and O–H groups in total. The lowest BCUT2D eigenvalue weighted by molar-refractivity contribution is -0.150. The van der Waals surface area contributed by atoms with Crippen LogP contribution in [0.4, 0.5) is 0 Å². The molecule has 2 aromatic rings. The number of hydrogen-bond acceptors (Lipinski definition) is 10. The molecule has 2 fully saturated rings. The van der Waals surface area contributed by atoms with Gasteiger partial charge in [0.1, 0.15) is 48.3 Å². The lowest BCUT2D eigenvalue weighted by Gasteiger charge is -2.38. The molecule has 2 aromatic carbocycles. The van der Waals surface area contributed by atoms with Crippen molar-refractivity contribution in [2.24, 2.45) is 11.8 Å². The van der Waals surface area contributed by atoms with Crippen molar-refractivity contribution in [3.8, 4) is 0 Å². The minimum atomic E-state index is -1.58. The predicted octanol–water partition coefficient (Wildman–Crippen LogP) is 1.65. The van der Waals surface area contributed by atoms with Crippen molar-refractivity contribution in [3.05, 3.63) is 71.8 Å². The van der Waals surface area contributed by atoms with E-state index in [4.69, 9.17) is 0 Å². The smallest absolute Gasteiger partial charge is 0.248 e. The average molecular weight is 1000 g/mol. The largest absolute Gasteiger partial charge is 0.391 e. The van der Waals surface area contributed by atoms with Crippen LogP contribution in [0, 0.1) is 11.8 Å². The van der Waals surface area contributed by atoms with Crippen molar-refractivity contribution < 1.29 is 48.3 Å². The zero-order chi connectivity index (χ0) is 53.6. The fourth-order valence-electron chi connectivity index (χ4n) is 9.06. The Hall–Kier alpha value is -6.37. The first-order valence-corrected chi connectivity index (χ1v) is 25.2. The second-order valence-corrected chi connectivity index (χ2v) is 20.4. The number of carbonyl (C=O) groups is 9. The van der Waals surface area contributed by atoms with Crippen LogP contribution < -0.4 is 21.3 Å². The van der Waals surface area contributed by atoms with Crippen molar-refractivity contribution in [2.45, 2.75) is 154 Å². The van der Waals surface area contributed by atoms with Gasteiger partial charge in [0.05, 0.1) is 12.5 Å². The standard InChI is InChI=1S/C53H79N9O10/c1-32(2)27-41-48(67)55-39(29-37-21-15-12-16-22-37)50(69)61(11)43(28-33(3)4)52(71)59(9)42(30-38-23-17-13-18-24-38)49(68)56-40(51(70)62-25-19-14-20-26-62)31-44(64)58(8)35(6)47(66)54-34(5)46(65)57-45(36(7)63)53(72)60(41)10/h12-13,15-18,21-24,32-36,39-43,45,63H,14,19-20,25-31H2,1-11H3,(H,54,66)(H,55,67)(H,56,68)(H,57,65)/t34-,35-,36+,39-,40?,41-,42-,43-,45-/m0/s1.